The predicted octanol–water partition coefficient (Wildman–Crippen LogP) is 1.52. The van der Waals surface area contributed by atoms with E-state index in [1.165, 1.54) is 12.8 Å². The smallest absolute Gasteiger partial charge is 0.255 e. The number of piperidine rings is 2. The standard InChI is InChI=1S/C20H29N3O3/c24-17-7-6-15(12-21-17)19(26)22-11-3-9-20(13-22)10-8-18(25)23(14-20)16-4-1-2-5-16/h6-7,12,16-17,21,24H,1-5,8-11,13-14H2. The molecule has 3 heterocycles. The molecule has 2 atom stereocenters. The van der Waals surface area contributed by atoms with Crippen LogP contribution in [0.1, 0.15) is 51.4 Å². The number of hydrogen-bond donors (Lipinski definition) is 2. The number of dihydropyridines is 1. The van der Waals surface area contributed by atoms with Crippen molar-refractivity contribution in [1.82, 2.24) is 15.1 Å². The fourth-order valence-corrected chi connectivity index (χ4v) is 5.10. The van der Waals surface area contributed by atoms with Gasteiger partial charge in [0.2, 0.25) is 5.91 Å². The number of likely N-dealkylation sites (tertiary alicyclic amines) is 2. The molecule has 2 unspecified atom stereocenters. The highest BCUT2D eigenvalue weighted by atomic mass is 16.3. The maximum absolute atomic E-state index is 12.9. The van der Waals surface area contributed by atoms with Crippen molar-refractivity contribution in [2.75, 3.05) is 19.6 Å². The van der Waals surface area contributed by atoms with Gasteiger partial charge in [-0.2, -0.15) is 0 Å². The number of rotatable bonds is 2. The molecule has 0 radical (unpaired) electrons. The largest absolute Gasteiger partial charge is 0.370 e. The van der Waals surface area contributed by atoms with Crippen LogP contribution in [0.15, 0.2) is 23.9 Å². The summed E-state index contributed by atoms with van der Waals surface area (Å²) >= 11 is 0. The van der Waals surface area contributed by atoms with E-state index in [1.54, 1.807) is 18.4 Å². The van der Waals surface area contributed by atoms with E-state index in [0.717, 1.165) is 51.7 Å². The molecule has 26 heavy (non-hydrogen) atoms. The van der Waals surface area contributed by atoms with Gasteiger partial charge in [-0.1, -0.05) is 12.8 Å². The van der Waals surface area contributed by atoms with Crippen molar-refractivity contribution in [2.45, 2.75) is 63.6 Å². The minimum atomic E-state index is -0.719. The van der Waals surface area contributed by atoms with E-state index in [9.17, 15) is 14.7 Å². The van der Waals surface area contributed by atoms with Gasteiger partial charge in [-0.25, -0.2) is 0 Å². The monoisotopic (exact) mass is 359 g/mol. The SMILES string of the molecule is O=C(C1=CNC(O)C=C1)N1CCCC2(CCC(=O)N(C3CCCC3)C2)C1. The van der Waals surface area contributed by atoms with E-state index in [1.807, 2.05) is 4.90 Å². The molecule has 1 spiro atoms. The van der Waals surface area contributed by atoms with Crippen molar-refractivity contribution in [3.8, 4) is 0 Å². The van der Waals surface area contributed by atoms with Crippen molar-refractivity contribution in [2.24, 2.45) is 5.41 Å². The summed E-state index contributed by atoms with van der Waals surface area (Å²) in [4.78, 5) is 29.5. The van der Waals surface area contributed by atoms with E-state index in [2.05, 4.69) is 10.2 Å². The molecule has 3 aliphatic heterocycles. The Balaban J connectivity index is 1.46. The first-order chi connectivity index (χ1) is 12.6. The van der Waals surface area contributed by atoms with Crippen LogP contribution >= 0.6 is 0 Å². The Morgan fingerprint density at radius 3 is 2.73 bits per heavy atom. The van der Waals surface area contributed by atoms with Gasteiger partial charge >= 0.3 is 0 Å². The lowest BCUT2D eigenvalue weighted by Gasteiger charge is -2.49. The molecule has 0 aromatic rings. The summed E-state index contributed by atoms with van der Waals surface area (Å²) in [7, 11) is 0. The first-order valence-electron chi connectivity index (χ1n) is 9.98. The molecule has 6 nitrogen and oxygen atoms in total. The molecule has 0 aromatic heterocycles. The van der Waals surface area contributed by atoms with Crippen LogP contribution in [-0.2, 0) is 9.59 Å². The van der Waals surface area contributed by atoms with Crippen molar-refractivity contribution in [3.05, 3.63) is 23.9 Å². The van der Waals surface area contributed by atoms with E-state index in [0.29, 0.717) is 23.9 Å². The number of nitrogens with zero attached hydrogens (tertiary/aromatic N) is 2. The molecule has 2 saturated heterocycles. The third-order valence-electron chi connectivity index (χ3n) is 6.52. The molecule has 6 heteroatoms. The Kier molecular flexibility index (Phi) is 4.78. The molecule has 4 aliphatic rings. The van der Waals surface area contributed by atoms with Gasteiger partial charge in [0.15, 0.2) is 0 Å². The van der Waals surface area contributed by atoms with E-state index >= 15 is 0 Å². The third kappa shape index (κ3) is 3.39. The highest BCUT2D eigenvalue weighted by Gasteiger charge is 2.44. The molecule has 2 N–H and O–H groups in total. The van der Waals surface area contributed by atoms with Gasteiger partial charge in [-0.05, 0) is 44.3 Å². The summed E-state index contributed by atoms with van der Waals surface area (Å²) in [5.41, 5.74) is 0.642. The maximum atomic E-state index is 12.9. The van der Waals surface area contributed by atoms with Gasteiger partial charge in [-0.15, -0.1) is 0 Å². The number of carbonyl (C=O) groups excluding carboxylic acids is 2. The molecule has 0 aromatic carbocycles. The minimum Gasteiger partial charge on any atom is -0.370 e. The average molecular weight is 359 g/mol. The van der Waals surface area contributed by atoms with Crippen LogP contribution in [0, 0.1) is 5.41 Å². The molecule has 2 amide bonds. The van der Waals surface area contributed by atoms with Gasteiger partial charge in [0.05, 0.1) is 5.57 Å². The van der Waals surface area contributed by atoms with Crippen molar-refractivity contribution >= 4 is 11.8 Å². The summed E-state index contributed by atoms with van der Waals surface area (Å²) < 4.78 is 0. The zero-order chi connectivity index (χ0) is 18.1. The second-order valence-corrected chi connectivity index (χ2v) is 8.36. The zero-order valence-corrected chi connectivity index (χ0v) is 15.3. The molecular weight excluding hydrogens is 330 g/mol. The summed E-state index contributed by atoms with van der Waals surface area (Å²) in [5, 5.41) is 12.3. The third-order valence-corrected chi connectivity index (χ3v) is 6.52. The number of carbonyl (C=O) groups is 2. The minimum absolute atomic E-state index is 0.0176. The normalized spacial score (nSPS) is 32.7. The summed E-state index contributed by atoms with van der Waals surface area (Å²) in [6, 6.07) is 0.417. The molecule has 4 rings (SSSR count). The molecule has 1 saturated carbocycles. The van der Waals surface area contributed by atoms with Crippen LogP contribution in [0.25, 0.3) is 0 Å². The highest BCUT2D eigenvalue weighted by molar-refractivity contribution is 5.96. The van der Waals surface area contributed by atoms with E-state index < -0.39 is 6.23 Å². The van der Waals surface area contributed by atoms with Crippen LogP contribution in [0.2, 0.25) is 0 Å². The second kappa shape index (κ2) is 7.06. The molecule has 142 valence electrons. The number of amides is 2. The lowest BCUT2D eigenvalue weighted by Crippen LogP contribution is -2.57. The topological polar surface area (TPSA) is 72.9 Å². The molecule has 3 fully saturated rings. The van der Waals surface area contributed by atoms with Crippen molar-refractivity contribution in [3.63, 3.8) is 0 Å². The number of aliphatic hydroxyl groups is 1. The van der Waals surface area contributed by atoms with E-state index in [4.69, 9.17) is 0 Å². The Morgan fingerprint density at radius 1 is 1.19 bits per heavy atom. The maximum Gasteiger partial charge on any atom is 0.255 e. The molecule has 0 bridgehead atoms. The lowest BCUT2D eigenvalue weighted by molar-refractivity contribution is -0.144. The lowest BCUT2D eigenvalue weighted by atomic mass is 9.73. The van der Waals surface area contributed by atoms with Crippen LogP contribution in [0.4, 0.5) is 0 Å². The molecule has 1 aliphatic carbocycles. The second-order valence-electron chi connectivity index (χ2n) is 8.36. The molecular formula is C20H29N3O3. The van der Waals surface area contributed by atoms with Gasteiger partial charge in [0.25, 0.3) is 5.91 Å². The van der Waals surface area contributed by atoms with Crippen LogP contribution < -0.4 is 5.32 Å². The van der Waals surface area contributed by atoms with E-state index in [-0.39, 0.29) is 11.3 Å². The highest BCUT2D eigenvalue weighted by Crippen LogP contribution is 2.41. The van der Waals surface area contributed by atoms with Gasteiger partial charge < -0.3 is 20.2 Å². The fourth-order valence-electron chi connectivity index (χ4n) is 5.10. The predicted molar refractivity (Wildman–Crippen MR) is 97.8 cm³/mol. The number of aliphatic hydroxyl groups excluding tert-OH is 1. The van der Waals surface area contributed by atoms with Crippen LogP contribution in [0.5, 0.6) is 0 Å². The Bertz CT molecular complexity index is 638. The first-order valence-corrected chi connectivity index (χ1v) is 9.98. The Morgan fingerprint density at radius 2 is 2.00 bits per heavy atom. The number of hydrogen-bond acceptors (Lipinski definition) is 4. The summed E-state index contributed by atoms with van der Waals surface area (Å²) in [6.07, 6.45) is 12.5. The summed E-state index contributed by atoms with van der Waals surface area (Å²) in [5.74, 6) is 0.325. The quantitative estimate of drug-likeness (QED) is 0.784. The fraction of sp³-hybridized carbons (Fsp3) is 0.700. The van der Waals surface area contributed by atoms with Gasteiger partial charge in [0, 0.05) is 43.7 Å². The number of nitrogens with one attached hydrogen (secondary N) is 1. The summed E-state index contributed by atoms with van der Waals surface area (Å²) in [6.45, 7) is 2.31. The van der Waals surface area contributed by atoms with Crippen molar-refractivity contribution < 1.29 is 14.7 Å². The Labute approximate surface area is 154 Å². The van der Waals surface area contributed by atoms with Gasteiger partial charge in [0.1, 0.15) is 6.23 Å². The first kappa shape index (κ1) is 17.6. The van der Waals surface area contributed by atoms with Crippen LogP contribution in [0.3, 0.4) is 0 Å². The Hall–Kier alpha value is -1.82. The van der Waals surface area contributed by atoms with Crippen LogP contribution in [-0.4, -0.2) is 58.6 Å². The van der Waals surface area contributed by atoms with Crippen molar-refractivity contribution in [1.29, 1.82) is 0 Å². The average Bonchev–Trinajstić information content (AvgIpc) is 3.19. The van der Waals surface area contributed by atoms with Gasteiger partial charge in [-0.3, -0.25) is 9.59 Å². The zero-order valence-electron chi connectivity index (χ0n) is 15.3.